The van der Waals surface area contributed by atoms with Gasteiger partial charge < -0.3 is 4.74 Å². The molecule has 0 saturated carbocycles. The normalized spacial score (nSPS) is 11.0. The van der Waals surface area contributed by atoms with Crippen LogP contribution in [0.3, 0.4) is 0 Å². The van der Waals surface area contributed by atoms with Gasteiger partial charge in [0.15, 0.2) is 0 Å². The molecule has 5 heteroatoms. The first-order chi connectivity index (χ1) is 14.2. The lowest BCUT2D eigenvalue weighted by atomic mass is 10.1. The monoisotopic (exact) mass is 402 g/mol. The highest BCUT2D eigenvalue weighted by Gasteiger charge is 2.21. The molecule has 2 aromatic carbocycles. The maximum Gasteiger partial charge on any atom is 0.212 e. The number of thioether (sulfide) groups is 1. The summed E-state index contributed by atoms with van der Waals surface area (Å²) in [6.07, 6.45) is 2.79. The van der Waals surface area contributed by atoms with Crippen LogP contribution in [0.4, 0.5) is 0 Å². The molecule has 4 aromatic rings. The molecule has 0 amide bonds. The minimum absolute atomic E-state index is 0.0353. The van der Waals surface area contributed by atoms with Crippen molar-refractivity contribution in [2.75, 3.05) is 12.9 Å². The molecule has 0 unspecified atom stereocenters. The van der Waals surface area contributed by atoms with Gasteiger partial charge in [-0.2, -0.15) is 0 Å². The molecule has 0 aliphatic carbocycles. The van der Waals surface area contributed by atoms with Gasteiger partial charge in [-0.25, -0.2) is 4.98 Å². The zero-order chi connectivity index (χ0) is 20.2. The number of hydrogen-bond acceptors (Lipinski definition) is 4. The SMILES string of the molecule is CCSc1nc2cc(Cc3ccccc3)ccn2c1C(=O)c1ccc(OC)cc1. The van der Waals surface area contributed by atoms with E-state index < -0.39 is 0 Å². The number of carbonyl (C=O) groups excluding carboxylic acids is 1. The van der Waals surface area contributed by atoms with E-state index in [0.717, 1.165) is 28.6 Å². The molecule has 0 radical (unpaired) electrons. The number of fused-ring (bicyclic) bond motifs is 1. The number of methoxy groups -OCH3 is 1. The van der Waals surface area contributed by atoms with E-state index >= 15 is 0 Å². The minimum atomic E-state index is -0.0353. The van der Waals surface area contributed by atoms with E-state index in [0.29, 0.717) is 11.3 Å². The Morgan fingerprint density at radius 1 is 1.03 bits per heavy atom. The second-order valence-electron chi connectivity index (χ2n) is 6.68. The fraction of sp³-hybridized carbons (Fsp3) is 0.167. The Labute approximate surface area is 174 Å². The number of nitrogens with zero attached hydrogens (tertiary/aromatic N) is 2. The van der Waals surface area contributed by atoms with Gasteiger partial charge in [-0.3, -0.25) is 9.20 Å². The number of ketones is 1. The summed E-state index contributed by atoms with van der Waals surface area (Å²) in [5.74, 6) is 1.55. The molecule has 0 aliphatic heterocycles. The number of pyridine rings is 1. The quantitative estimate of drug-likeness (QED) is 0.312. The molecule has 2 aromatic heterocycles. The Hall–Kier alpha value is -3.05. The largest absolute Gasteiger partial charge is 0.497 e. The smallest absolute Gasteiger partial charge is 0.212 e. The fourth-order valence-electron chi connectivity index (χ4n) is 3.33. The van der Waals surface area contributed by atoms with Crippen molar-refractivity contribution in [1.82, 2.24) is 9.38 Å². The molecule has 4 rings (SSSR count). The molecular formula is C24H22N2O2S. The summed E-state index contributed by atoms with van der Waals surface area (Å²) in [6.45, 7) is 2.07. The van der Waals surface area contributed by atoms with Crippen LogP contribution in [0.15, 0.2) is 78.0 Å². The summed E-state index contributed by atoms with van der Waals surface area (Å²) >= 11 is 1.59. The van der Waals surface area contributed by atoms with Gasteiger partial charge in [-0.15, -0.1) is 11.8 Å². The summed E-state index contributed by atoms with van der Waals surface area (Å²) in [5.41, 5.74) is 4.46. The molecule has 0 atom stereocenters. The maximum atomic E-state index is 13.3. The fourth-order valence-corrected chi connectivity index (χ4v) is 4.09. The van der Waals surface area contributed by atoms with Gasteiger partial charge >= 0.3 is 0 Å². The molecule has 0 aliphatic rings. The number of ether oxygens (including phenoxy) is 1. The van der Waals surface area contributed by atoms with Crippen LogP contribution >= 0.6 is 11.8 Å². The molecule has 4 nitrogen and oxygen atoms in total. The average Bonchev–Trinajstić information content (AvgIpc) is 3.11. The number of rotatable bonds is 7. The van der Waals surface area contributed by atoms with Gasteiger partial charge in [0.05, 0.1) is 7.11 Å². The van der Waals surface area contributed by atoms with Gasteiger partial charge in [-0.05, 0) is 59.7 Å². The summed E-state index contributed by atoms with van der Waals surface area (Å²) in [4.78, 5) is 18.0. The molecule has 0 N–H and O–H groups in total. The van der Waals surface area contributed by atoms with Crippen LogP contribution in [0.5, 0.6) is 5.75 Å². The highest BCUT2D eigenvalue weighted by atomic mass is 32.2. The lowest BCUT2D eigenvalue weighted by molar-refractivity contribution is 0.103. The van der Waals surface area contributed by atoms with Crippen LogP contribution < -0.4 is 4.74 Å². The van der Waals surface area contributed by atoms with E-state index in [-0.39, 0.29) is 5.78 Å². The van der Waals surface area contributed by atoms with Crippen molar-refractivity contribution in [3.63, 3.8) is 0 Å². The average molecular weight is 403 g/mol. The van der Waals surface area contributed by atoms with Crippen LogP contribution in [0.2, 0.25) is 0 Å². The van der Waals surface area contributed by atoms with Crippen molar-refractivity contribution in [1.29, 1.82) is 0 Å². The molecule has 0 fully saturated rings. The molecule has 146 valence electrons. The Morgan fingerprint density at radius 3 is 2.48 bits per heavy atom. The van der Waals surface area contributed by atoms with Crippen molar-refractivity contribution in [3.05, 3.63) is 95.3 Å². The summed E-state index contributed by atoms with van der Waals surface area (Å²) in [6, 6.07) is 21.7. The molecular weight excluding hydrogens is 380 g/mol. The lowest BCUT2D eigenvalue weighted by Crippen LogP contribution is -2.07. The first-order valence-corrected chi connectivity index (χ1v) is 10.5. The van der Waals surface area contributed by atoms with Crippen molar-refractivity contribution >= 4 is 23.2 Å². The van der Waals surface area contributed by atoms with Crippen LogP contribution in [0.1, 0.15) is 34.1 Å². The standard InChI is InChI=1S/C24H22N2O2S/c1-3-29-24-22(23(27)19-9-11-20(28-2)12-10-19)26-14-13-18(16-21(26)25-24)15-17-7-5-4-6-8-17/h4-14,16H,3,15H2,1-2H3. The molecule has 29 heavy (non-hydrogen) atoms. The van der Waals surface area contributed by atoms with Crippen LogP contribution in [-0.4, -0.2) is 28.0 Å². The van der Waals surface area contributed by atoms with E-state index in [1.807, 2.05) is 28.8 Å². The van der Waals surface area contributed by atoms with Crippen molar-refractivity contribution in [2.24, 2.45) is 0 Å². The van der Waals surface area contributed by atoms with Gasteiger partial charge in [0.25, 0.3) is 0 Å². The predicted octanol–water partition coefficient (Wildman–Crippen LogP) is 5.28. The Kier molecular flexibility index (Phi) is 5.67. The summed E-state index contributed by atoms with van der Waals surface area (Å²) < 4.78 is 7.10. The highest BCUT2D eigenvalue weighted by molar-refractivity contribution is 7.99. The predicted molar refractivity (Wildman–Crippen MR) is 117 cm³/mol. The zero-order valence-corrected chi connectivity index (χ0v) is 17.3. The summed E-state index contributed by atoms with van der Waals surface area (Å²) in [5, 5.41) is 0.769. The van der Waals surface area contributed by atoms with Crippen LogP contribution in [0.25, 0.3) is 5.65 Å². The van der Waals surface area contributed by atoms with E-state index in [4.69, 9.17) is 9.72 Å². The Bertz CT molecular complexity index is 1130. The maximum absolute atomic E-state index is 13.3. The van der Waals surface area contributed by atoms with Gasteiger partial charge in [0.2, 0.25) is 5.78 Å². The topological polar surface area (TPSA) is 43.6 Å². The molecule has 0 spiro atoms. The first-order valence-electron chi connectivity index (χ1n) is 9.56. The van der Waals surface area contributed by atoms with Gasteiger partial charge in [0, 0.05) is 11.8 Å². The third-order valence-electron chi connectivity index (χ3n) is 4.76. The second-order valence-corrected chi connectivity index (χ2v) is 7.93. The van der Waals surface area contributed by atoms with E-state index in [1.165, 1.54) is 11.1 Å². The Balaban J connectivity index is 1.73. The van der Waals surface area contributed by atoms with Gasteiger partial charge in [-0.1, -0.05) is 37.3 Å². The van der Waals surface area contributed by atoms with E-state index in [9.17, 15) is 4.79 Å². The summed E-state index contributed by atoms with van der Waals surface area (Å²) in [7, 11) is 1.62. The van der Waals surface area contributed by atoms with Crippen molar-refractivity contribution < 1.29 is 9.53 Å². The third-order valence-corrected chi connectivity index (χ3v) is 5.60. The van der Waals surface area contributed by atoms with E-state index in [2.05, 4.69) is 31.2 Å². The number of aromatic nitrogens is 2. The van der Waals surface area contributed by atoms with Crippen molar-refractivity contribution in [2.45, 2.75) is 18.4 Å². The molecule has 0 saturated heterocycles. The van der Waals surface area contributed by atoms with E-state index in [1.54, 1.807) is 43.1 Å². The third kappa shape index (κ3) is 4.05. The van der Waals surface area contributed by atoms with Crippen LogP contribution in [-0.2, 0) is 6.42 Å². The molecule has 0 bridgehead atoms. The number of carbonyl (C=O) groups is 1. The first kappa shape index (κ1) is 19.3. The van der Waals surface area contributed by atoms with Crippen molar-refractivity contribution in [3.8, 4) is 5.75 Å². The zero-order valence-electron chi connectivity index (χ0n) is 16.5. The number of imidazole rings is 1. The van der Waals surface area contributed by atoms with Gasteiger partial charge in [0.1, 0.15) is 22.1 Å². The number of hydrogen-bond donors (Lipinski definition) is 0. The highest BCUT2D eigenvalue weighted by Crippen LogP contribution is 2.27. The Morgan fingerprint density at radius 2 is 1.79 bits per heavy atom. The lowest BCUT2D eigenvalue weighted by Gasteiger charge is -2.06. The minimum Gasteiger partial charge on any atom is -0.497 e. The molecule has 2 heterocycles. The van der Waals surface area contributed by atoms with Crippen LogP contribution in [0, 0.1) is 0 Å². The second kappa shape index (κ2) is 8.53. The number of benzene rings is 2.